The van der Waals surface area contributed by atoms with Gasteiger partial charge in [-0.05, 0) is 51.4 Å². The molecule has 0 fully saturated rings. The first-order valence-electron chi connectivity index (χ1n) is 7.25. The van der Waals surface area contributed by atoms with Crippen LogP contribution >= 0.6 is 15.9 Å². The highest BCUT2D eigenvalue weighted by atomic mass is 79.9. The first-order chi connectivity index (χ1) is 10.9. The van der Waals surface area contributed by atoms with Gasteiger partial charge in [-0.15, -0.1) is 0 Å². The number of aryl methyl sites for hydroxylation is 1. The van der Waals surface area contributed by atoms with Gasteiger partial charge in [0.15, 0.2) is 0 Å². The maximum atomic E-state index is 12.3. The van der Waals surface area contributed by atoms with Gasteiger partial charge in [0, 0.05) is 28.9 Å². The van der Waals surface area contributed by atoms with Crippen molar-refractivity contribution in [1.82, 2.24) is 14.9 Å². The van der Waals surface area contributed by atoms with E-state index in [4.69, 9.17) is 0 Å². The summed E-state index contributed by atoms with van der Waals surface area (Å²) in [5, 5.41) is 5.96. The number of amides is 1. The van der Waals surface area contributed by atoms with Crippen LogP contribution in [0.15, 0.2) is 34.8 Å². The molecule has 1 amide bonds. The summed E-state index contributed by atoms with van der Waals surface area (Å²) < 4.78 is 0.959. The standard InChI is InChI=1S/C16H20BrN5O/c1-11-10-14(21-16(19-11)18-8-9-22(2)3)15(23)20-13-6-4-12(17)5-7-13/h4-7,10H,8-9H2,1-3H3,(H,20,23)(H,18,19,21). The van der Waals surface area contributed by atoms with Crippen molar-refractivity contribution in [2.24, 2.45) is 0 Å². The molecule has 2 aromatic rings. The third-order valence-corrected chi connectivity index (χ3v) is 3.56. The minimum Gasteiger partial charge on any atom is -0.353 e. The van der Waals surface area contributed by atoms with E-state index < -0.39 is 0 Å². The molecule has 7 heteroatoms. The summed E-state index contributed by atoms with van der Waals surface area (Å²) in [5.41, 5.74) is 1.80. The predicted octanol–water partition coefficient (Wildman–Crippen LogP) is 2.77. The molecular formula is C16H20BrN5O. The van der Waals surface area contributed by atoms with Crippen molar-refractivity contribution in [2.75, 3.05) is 37.8 Å². The van der Waals surface area contributed by atoms with Gasteiger partial charge in [-0.3, -0.25) is 4.79 Å². The Kier molecular flexibility index (Phi) is 6.06. The van der Waals surface area contributed by atoms with Gasteiger partial charge in [-0.1, -0.05) is 15.9 Å². The van der Waals surface area contributed by atoms with Crippen LogP contribution in [0.1, 0.15) is 16.2 Å². The summed E-state index contributed by atoms with van der Waals surface area (Å²) in [6, 6.07) is 9.06. The lowest BCUT2D eigenvalue weighted by molar-refractivity contribution is 0.102. The number of carbonyl (C=O) groups is 1. The zero-order valence-corrected chi connectivity index (χ0v) is 15.0. The van der Waals surface area contributed by atoms with Crippen LogP contribution in [0.2, 0.25) is 0 Å². The van der Waals surface area contributed by atoms with Gasteiger partial charge in [0.05, 0.1) is 0 Å². The largest absolute Gasteiger partial charge is 0.353 e. The molecule has 0 saturated heterocycles. The lowest BCUT2D eigenvalue weighted by atomic mass is 10.3. The van der Waals surface area contributed by atoms with Crippen molar-refractivity contribution in [1.29, 1.82) is 0 Å². The molecule has 0 aliphatic heterocycles. The molecule has 2 rings (SSSR count). The summed E-state index contributed by atoms with van der Waals surface area (Å²) in [6.07, 6.45) is 0. The number of hydrogen-bond acceptors (Lipinski definition) is 5. The SMILES string of the molecule is Cc1cc(C(=O)Nc2ccc(Br)cc2)nc(NCCN(C)C)n1. The van der Waals surface area contributed by atoms with E-state index in [9.17, 15) is 4.79 Å². The molecule has 122 valence electrons. The Bertz CT molecular complexity index is 673. The molecule has 0 radical (unpaired) electrons. The van der Waals surface area contributed by atoms with Crippen LogP contribution in [0.5, 0.6) is 0 Å². The van der Waals surface area contributed by atoms with Gasteiger partial charge in [-0.2, -0.15) is 0 Å². The maximum absolute atomic E-state index is 12.3. The van der Waals surface area contributed by atoms with Crippen LogP contribution in [0.4, 0.5) is 11.6 Å². The summed E-state index contributed by atoms with van der Waals surface area (Å²) in [6.45, 7) is 3.41. The van der Waals surface area contributed by atoms with Gasteiger partial charge >= 0.3 is 0 Å². The van der Waals surface area contributed by atoms with Gasteiger partial charge in [0.2, 0.25) is 5.95 Å². The maximum Gasteiger partial charge on any atom is 0.274 e. The highest BCUT2D eigenvalue weighted by molar-refractivity contribution is 9.10. The smallest absolute Gasteiger partial charge is 0.274 e. The Labute approximate surface area is 144 Å². The number of benzene rings is 1. The monoisotopic (exact) mass is 377 g/mol. The fourth-order valence-electron chi connectivity index (χ4n) is 1.88. The second kappa shape index (κ2) is 8.03. The molecule has 23 heavy (non-hydrogen) atoms. The van der Waals surface area contributed by atoms with Crippen molar-refractivity contribution in [3.63, 3.8) is 0 Å². The Hall–Kier alpha value is -1.99. The Morgan fingerprint density at radius 3 is 2.57 bits per heavy atom. The molecule has 1 aromatic carbocycles. The fraction of sp³-hybridized carbons (Fsp3) is 0.312. The van der Waals surface area contributed by atoms with Crippen LogP contribution in [-0.4, -0.2) is 48.0 Å². The molecule has 2 N–H and O–H groups in total. The second-order valence-electron chi connectivity index (χ2n) is 5.41. The molecule has 1 heterocycles. The number of aromatic nitrogens is 2. The van der Waals surface area contributed by atoms with Crippen LogP contribution in [0.25, 0.3) is 0 Å². The van der Waals surface area contributed by atoms with Crippen LogP contribution in [-0.2, 0) is 0 Å². The van der Waals surface area contributed by atoms with Gasteiger partial charge in [0.1, 0.15) is 5.69 Å². The minimum absolute atomic E-state index is 0.256. The lowest BCUT2D eigenvalue weighted by Crippen LogP contribution is -2.22. The van der Waals surface area contributed by atoms with Crippen molar-refractivity contribution in [3.05, 3.63) is 46.2 Å². The minimum atomic E-state index is -0.256. The van der Waals surface area contributed by atoms with Crippen LogP contribution in [0, 0.1) is 6.92 Å². The fourth-order valence-corrected chi connectivity index (χ4v) is 2.15. The van der Waals surface area contributed by atoms with E-state index in [0.29, 0.717) is 18.2 Å². The van der Waals surface area contributed by atoms with Crippen molar-refractivity contribution < 1.29 is 4.79 Å². The second-order valence-corrected chi connectivity index (χ2v) is 6.32. The highest BCUT2D eigenvalue weighted by Gasteiger charge is 2.11. The molecular weight excluding hydrogens is 358 g/mol. The van der Waals surface area contributed by atoms with E-state index in [2.05, 4.69) is 41.4 Å². The number of carbonyl (C=O) groups excluding carboxylic acids is 1. The normalized spacial score (nSPS) is 10.7. The van der Waals surface area contributed by atoms with Gasteiger partial charge in [0.25, 0.3) is 5.91 Å². The zero-order valence-electron chi connectivity index (χ0n) is 13.4. The van der Waals surface area contributed by atoms with E-state index >= 15 is 0 Å². The first kappa shape index (κ1) is 17.4. The molecule has 0 bridgehead atoms. The average molecular weight is 378 g/mol. The van der Waals surface area contributed by atoms with Crippen LogP contribution < -0.4 is 10.6 Å². The van der Waals surface area contributed by atoms with E-state index in [1.54, 1.807) is 6.07 Å². The summed E-state index contributed by atoms with van der Waals surface area (Å²) in [5.74, 6) is 0.210. The predicted molar refractivity (Wildman–Crippen MR) is 95.9 cm³/mol. The lowest BCUT2D eigenvalue weighted by Gasteiger charge is -2.11. The Morgan fingerprint density at radius 2 is 1.91 bits per heavy atom. The number of rotatable bonds is 6. The zero-order chi connectivity index (χ0) is 16.8. The summed E-state index contributed by atoms with van der Waals surface area (Å²) in [7, 11) is 3.99. The Balaban J connectivity index is 2.07. The highest BCUT2D eigenvalue weighted by Crippen LogP contribution is 2.15. The number of nitrogens with zero attached hydrogens (tertiary/aromatic N) is 3. The molecule has 0 aliphatic rings. The number of hydrogen-bond donors (Lipinski definition) is 2. The number of nitrogens with one attached hydrogen (secondary N) is 2. The molecule has 0 unspecified atom stereocenters. The summed E-state index contributed by atoms with van der Waals surface area (Å²) >= 11 is 3.36. The topological polar surface area (TPSA) is 70.2 Å². The Morgan fingerprint density at radius 1 is 1.22 bits per heavy atom. The first-order valence-corrected chi connectivity index (χ1v) is 8.04. The van der Waals surface area contributed by atoms with Crippen LogP contribution in [0.3, 0.4) is 0 Å². The van der Waals surface area contributed by atoms with Crippen molar-refractivity contribution in [2.45, 2.75) is 6.92 Å². The third kappa shape index (κ3) is 5.61. The van der Waals surface area contributed by atoms with E-state index in [-0.39, 0.29) is 5.91 Å². The number of anilines is 2. The average Bonchev–Trinajstić information content (AvgIpc) is 2.48. The molecule has 1 aromatic heterocycles. The van der Waals surface area contributed by atoms with Gasteiger partial charge in [-0.25, -0.2) is 9.97 Å². The molecule has 0 atom stereocenters. The van der Waals surface area contributed by atoms with E-state index in [1.165, 1.54) is 0 Å². The molecule has 0 spiro atoms. The van der Waals surface area contributed by atoms with E-state index in [1.807, 2.05) is 45.3 Å². The molecule has 6 nitrogen and oxygen atoms in total. The molecule has 0 aliphatic carbocycles. The van der Waals surface area contributed by atoms with Gasteiger partial charge < -0.3 is 15.5 Å². The van der Waals surface area contributed by atoms with Crippen molar-refractivity contribution >= 4 is 33.5 Å². The number of halogens is 1. The molecule has 0 saturated carbocycles. The van der Waals surface area contributed by atoms with Crippen molar-refractivity contribution in [3.8, 4) is 0 Å². The summed E-state index contributed by atoms with van der Waals surface area (Å²) in [4.78, 5) is 23.0. The third-order valence-electron chi connectivity index (χ3n) is 3.03. The quantitative estimate of drug-likeness (QED) is 0.809. The number of likely N-dealkylation sites (N-methyl/N-ethyl adjacent to an activating group) is 1. The van der Waals surface area contributed by atoms with E-state index in [0.717, 1.165) is 22.4 Å².